The molecule has 2 unspecified atom stereocenters. The number of carbonyl (C=O) groups excluding carboxylic acids is 5. The Morgan fingerprint density at radius 2 is 1.64 bits per heavy atom. The molecule has 232 valence electrons. The second kappa shape index (κ2) is 13.1. The molecule has 2 atom stereocenters. The summed E-state index contributed by atoms with van der Waals surface area (Å²) in [6, 6.07) is 14.0. The van der Waals surface area contributed by atoms with Crippen molar-refractivity contribution in [1.82, 2.24) is 25.3 Å². The zero-order valence-electron chi connectivity index (χ0n) is 24.7. The zero-order chi connectivity index (χ0) is 30.6. The Kier molecular flexibility index (Phi) is 8.89. The molecule has 3 fully saturated rings. The van der Waals surface area contributed by atoms with E-state index in [-0.39, 0.29) is 31.6 Å². The number of benzene rings is 2. The Morgan fingerprint density at radius 3 is 2.41 bits per heavy atom. The lowest BCUT2D eigenvalue weighted by atomic mass is 10.0. The average Bonchev–Trinajstić information content (AvgIpc) is 3.29. The summed E-state index contributed by atoms with van der Waals surface area (Å²) < 4.78 is 5.40. The van der Waals surface area contributed by atoms with Gasteiger partial charge in [0.25, 0.3) is 11.8 Å². The van der Waals surface area contributed by atoms with Crippen LogP contribution in [-0.2, 0) is 20.9 Å². The van der Waals surface area contributed by atoms with E-state index in [1.807, 2.05) is 36.4 Å². The molecule has 6 rings (SSSR count). The molecule has 2 aromatic rings. The van der Waals surface area contributed by atoms with Gasteiger partial charge in [0.05, 0.1) is 16.8 Å². The molecule has 0 aromatic heterocycles. The maximum absolute atomic E-state index is 13.5. The molecule has 4 aliphatic heterocycles. The summed E-state index contributed by atoms with van der Waals surface area (Å²) in [5.41, 5.74) is 2.31. The molecule has 0 spiro atoms. The predicted molar refractivity (Wildman–Crippen MR) is 161 cm³/mol. The Bertz CT molecular complexity index is 1430. The minimum atomic E-state index is -0.977. The third-order valence-electron chi connectivity index (χ3n) is 8.93. The maximum Gasteiger partial charge on any atom is 0.407 e. The summed E-state index contributed by atoms with van der Waals surface area (Å²) in [6.07, 6.45) is 1.79. The van der Waals surface area contributed by atoms with Gasteiger partial charge in [-0.1, -0.05) is 36.4 Å². The van der Waals surface area contributed by atoms with E-state index in [0.29, 0.717) is 29.9 Å². The number of fused-ring (bicyclic) bond motifs is 1. The summed E-state index contributed by atoms with van der Waals surface area (Å²) >= 11 is 0. The number of nitrogens with zero attached hydrogens (tertiary/aromatic N) is 4. The van der Waals surface area contributed by atoms with Gasteiger partial charge in [-0.2, -0.15) is 0 Å². The Morgan fingerprint density at radius 1 is 0.864 bits per heavy atom. The number of hydrogen-bond donors (Lipinski definition) is 2. The van der Waals surface area contributed by atoms with E-state index in [0.717, 1.165) is 62.6 Å². The second-order valence-corrected chi connectivity index (χ2v) is 11.8. The van der Waals surface area contributed by atoms with Crippen LogP contribution < -0.4 is 15.5 Å². The SMILES string of the molecule is O=C1CCC(N2C(=O)c3cccc(N4CCN(CCN5CCCC(NC(=O)OCc6ccccc6)C5)CC4)c3C2=O)C(=O)N1. The minimum Gasteiger partial charge on any atom is -0.445 e. The van der Waals surface area contributed by atoms with Crippen molar-refractivity contribution in [3.8, 4) is 0 Å². The van der Waals surface area contributed by atoms with Crippen LogP contribution in [0, 0.1) is 0 Å². The number of anilines is 1. The van der Waals surface area contributed by atoms with Crippen LogP contribution in [-0.4, -0.2) is 109 Å². The van der Waals surface area contributed by atoms with Gasteiger partial charge in [-0.05, 0) is 43.5 Å². The number of rotatable bonds is 8. The van der Waals surface area contributed by atoms with Gasteiger partial charge in [0.2, 0.25) is 11.8 Å². The van der Waals surface area contributed by atoms with E-state index >= 15 is 0 Å². The number of carbonyl (C=O) groups is 5. The lowest BCUT2D eigenvalue weighted by Crippen LogP contribution is -2.54. The minimum absolute atomic E-state index is 0.0593. The fourth-order valence-electron chi connectivity index (χ4n) is 6.56. The summed E-state index contributed by atoms with van der Waals surface area (Å²) in [5.74, 6) is -1.96. The van der Waals surface area contributed by atoms with Crippen molar-refractivity contribution in [2.45, 2.75) is 44.4 Å². The maximum atomic E-state index is 13.5. The van der Waals surface area contributed by atoms with Crippen LogP contribution in [0.4, 0.5) is 10.5 Å². The van der Waals surface area contributed by atoms with E-state index in [4.69, 9.17) is 4.74 Å². The quantitative estimate of drug-likeness (QED) is 0.433. The monoisotopic (exact) mass is 602 g/mol. The van der Waals surface area contributed by atoms with Crippen molar-refractivity contribution in [3.63, 3.8) is 0 Å². The van der Waals surface area contributed by atoms with Crippen LogP contribution in [0.2, 0.25) is 0 Å². The number of likely N-dealkylation sites (tertiary alicyclic amines) is 1. The number of piperazine rings is 1. The number of nitrogens with one attached hydrogen (secondary N) is 2. The normalized spacial score (nSPS) is 23.0. The predicted octanol–water partition coefficient (Wildman–Crippen LogP) is 1.60. The second-order valence-electron chi connectivity index (χ2n) is 11.8. The fraction of sp³-hybridized carbons (Fsp3) is 0.469. The van der Waals surface area contributed by atoms with E-state index in [2.05, 4.69) is 25.3 Å². The third-order valence-corrected chi connectivity index (χ3v) is 8.93. The van der Waals surface area contributed by atoms with Crippen molar-refractivity contribution in [2.24, 2.45) is 0 Å². The Balaban J connectivity index is 0.980. The molecule has 5 amide bonds. The molecule has 0 saturated carbocycles. The topological polar surface area (TPSA) is 132 Å². The lowest BCUT2D eigenvalue weighted by molar-refractivity contribution is -0.136. The molecule has 0 bridgehead atoms. The summed E-state index contributed by atoms with van der Waals surface area (Å²) in [5, 5.41) is 5.27. The zero-order valence-corrected chi connectivity index (χ0v) is 24.7. The number of hydrogen-bond acceptors (Lipinski definition) is 9. The summed E-state index contributed by atoms with van der Waals surface area (Å²) in [6.45, 7) is 6.85. The van der Waals surface area contributed by atoms with Crippen molar-refractivity contribution in [1.29, 1.82) is 0 Å². The van der Waals surface area contributed by atoms with E-state index in [9.17, 15) is 24.0 Å². The van der Waals surface area contributed by atoms with Crippen LogP contribution in [0.25, 0.3) is 0 Å². The summed E-state index contributed by atoms with van der Waals surface area (Å²) in [4.78, 5) is 71.0. The molecule has 44 heavy (non-hydrogen) atoms. The number of ether oxygens (including phenoxy) is 1. The molecule has 4 aliphatic rings. The molecular formula is C32H38N6O6. The molecule has 0 aliphatic carbocycles. The number of alkyl carbamates (subject to hydrolysis) is 1. The first-order valence-corrected chi connectivity index (χ1v) is 15.4. The van der Waals surface area contributed by atoms with Gasteiger partial charge in [-0.3, -0.25) is 34.3 Å². The first-order valence-electron chi connectivity index (χ1n) is 15.4. The van der Waals surface area contributed by atoms with Crippen molar-refractivity contribution < 1.29 is 28.7 Å². The van der Waals surface area contributed by atoms with Gasteiger partial charge >= 0.3 is 6.09 Å². The molecule has 0 radical (unpaired) electrons. The van der Waals surface area contributed by atoms with E-state index < -0.39 is 29.7 Å². The highest BCUT2D eigenvalue weighted by Gasteiger charge is 2.46. The smallest absolute Gasteiger partial charge is 0.407 e. The summed E-state index contributed by atoms with van der Waals surface area (Å²) in [7, 11) is 0. The Labute approximate surface area is 256 Å². The van der Waals surface area contributed by atoms with E-state index in [1.54, 1.807) is 12.1 Å². The molecular weight excluding hydrogens is 564 g/mol. The van der Waals surface area contributed by atoms with Gasteiger partial charge < -0.3 is 19.9 Å². The number of piperidine rings is 2. The van der Waals surface area contributed by atoms with Crippen LogP contribution >= 0.6 is 0 Å². The van der Waals surface area contributed by atoms with Crippen LogP contribution in [0.15, 0.2) is 48.5 Å². The average molecular weight is 603 g/mol. The molecule has 2 aromatic carbocycles. The highest BCUT2D eigenvalue weighted by atomic mass is 16.5. The standard InChI is InChI=1S/C32H38N6O6/c39-27-12-11-26(29(40)34-27)38-30(41)24-9-4-10-25(28(24)31(38)42)37-18-16-35(17-19-37)14-15-36-13-5-8-23(20-36)33-32(43)44-21-22-6-2-1-3-7-22/h1-4,6-7,9-10,23,26H,5,8,11-21H2,(H,33,43)(H,34,39,40). The molecule has 4 heterocycles. The highest BCUT2D eigenvalue weighted by Crippen LogP contribution is 2.34. The van der Waals surface area contributed by atoms with Gasteiger partial charge in [-0.15, -0.1) is 0 Å². The van der Waals surface area contributed by atoms with Gasteiger partial charge in [0, 0.05) is 58.3 Å². The van der Waals surface area contributed by atoms with Gasteiger partial charge in [0.1, 0.15) is 12.6 Å². The molecule has 12 nitrogen and oxygen atoms in total. The van der Waals surface area contributed by atoms with Crippen molar-refractivity contribution in [3.05, 3.63) is 65.2 Å². The first kappa shape index (κ1) is 29.8. The lowest BCUT2D eigenvalue weighted by Gasteiger charge is -2.38. The third kappa shape index (κ3) is 6.46. The van der Waals surface area contributed by atoms with Crippen LogP contribution in [0.3, 0.4) is 0 Å². The van der Waals surface area contributed by atoms with E-state index in [1.165, 1.54) is 0 Å². The molecule has 3 saturated heterocycles. The number of amides is 5. The fourth-order valence-corrected chi connectivity index (χ4v) is 6.56. The molecule has 12 heteroatoms. The molecule has 2 N–H and O–H groups in total. The number of imide groups is 2. The first-order chi connectivity index (χ1) is 21.4. The van der Waals surface area contributed by atoms with Gasteiger partial charge in [-0.25, -0.2) is 4.79 Å². The van der Waals surface area contributed by atoms with Crippen LogP contribution in [0.5, 0.6) is 0 Å². The van der Waals surface area contributed by atoms with Crippen LogP contribution in [0.1, 0.15) is 52.0 Å². The Hall–Kier alpha value is -4.29. The largest absolute Gasteiger partial charge is 0.445 e. The highest BCUT2D eigenvalue weighted by molar-refractivity contribution is 6.25. The van der Waals surface area contributed by atoms with Crippen molar-refractivity contribution >= 4 is 35.4 Å². The van der Waals surface area contributed by atoms with Crippen molar-refractivity contribution in [2.75, 3.05) is 57.3 Å². The van der Waals surface area contributed by atoms with Gasteiger partial charge in [0.15, 0.2) is 0 Å².